The lowest BCUT2D eigenvalue weighted by Gasteiger charge is -2.27. The molecule has 8 nitrogen and oxygen atoms in total. The molecule has 4 rings (SSSR count). The van der Waals surface area contributed by atoms with Crippen LogP contribution in [0.4, 0.5) is 0 Å². The summed E-state index contributed by atoms with van der Waals surface area (Å²) in [5.74, 6) is 1.57. The molecule has 2 heterocycles. The summed E-state index contributed by atoms with van der Waals surface area (Å²) in [6.07, 6.45) is 0.898. The summed E-state index contributed by atoms with van der Waals surface area (Å²) in [4.78, 5) is 18.2. The Bertz CT molecular complexity index is 1340. The van der Waals surface area contributed by atoms with E-state index in [1.807, 2.05) is 35.9 Å². The summed E-state index contributed by atoms with van der Waals surface area (Å²) in [6.45, 7) is 12.6. The Balaban J connectivity index is 1.68. The van der Waals surface area contributed by atoms with Crippen molar-refractivity contribution < 1.29 is 4.74 Å². The van der Waals surface area contributed by atoms with E-state index in [-0.39, 0.29) is 11.1 Å². The van der Waals surface area contributed by atoms with Gasteiger partial charge in [-0.1, -0.05) is 36.8 Å². The molecule has 0 aliphatic heterocycles. The molecule has 0 saturated carbocycles. The highest BCUT2D eigenvalue weighted by atomic mass is 16.5. The number of tetrazole rings is 1. The van der Waals surface area contributed by atoms with Crippen LogP contribution >= 0.6 is 0 Å². The number of nitrogens with one attached hydrogen (secondary N) is 1. The molecule has 2 aromatic heterocycles. The third kappa shape index (κ3) is 5.77. The lowest BCUT2D eigenvalue weighted by molar-refractivity contribution is 0.217. The molecule has 0 bridgehead atoms. The number of nitrogens with zero attached hydrogens (tertiary/aromatic N) is 5. The average molecular weight is 475 g/mol. The Labute approximate surface area is 205 Å². The predicted molar refractivity (Wildman–Crippen MR) is 137 cm³/mol. The van der Waals surface area contributed by atoms with E-state index in [0.717, 1.165) is 28.9 Å². The Morgan fingerprint density at radius 1 is 1.03 bits per heavy atom. The van der Waals surface area contributed by atoms with E-state index < -0.39 is 0 Å². The number of benzene rings is 2. The molecule has 0 amide bonds. The molecule has 1 N–H and O–H groups in total. The van der Waals surface area contributed by atoms with Gasteiger partial charge in [0.1, 0.15) is 5.75 Å². The van der Waals surface area contributed by atoms with Crippen molar-refractivity contribution in [1.82, 2.24) is 30.1 Å². The van der Waals surface area contributed by atoms with Gasteiger partial charge in [-0.05, 0) is 74.4 Å². The number of H-pyrrole nitrogens is 1. The Hall–Kier alpha value is -3.52. The van der Waals surface area contributed by atoms with Crippen molar-refractivity contribution in [2.45, 2.75) is 66.2 Å². The van der Waals surface area contributed by atoms with Crippen molar-refractivity contribution >= 4 is 10.9 Å². The molecule has 0 fully saturated rings. The van der Waals surface area contributed by atoms with Crippen molar-refractivity contribution in [3.05, 3.63) is 81.4 Å². The zero-order chi connectivity index (χ0) is 25.0. The molecule has 0 aliphatic rings. The number of aromatic amines is 1. The van der Waals surface area contributed by atoms with Crippen LogP contribution in [-0.4, -0.2) is 36.7 Å². The highest BCUT2D eigenvalue weighted by Gasteiger charge is 2.25. The smallest absolute Gasteiger partial charge is 0.252 e. The van der Waals surface area contributed by atoms with Gasteiger partial charge in [-0.15, -0.1) is 5.10 Å². The quantitative estimate of drug-likeness (QED) is 0.362. The van der Waals surface area contributed by atoms with Gasteiger partial charge in [-0.25, -0.2) is 4.68 Å². The summed E-state index contributed by atoms with van der Waals surface area (Å²) in [5.41, 5.74) is 3.56. The van der Waals surface area contributed by atoms with Crippen LogP contribution in [0.25, 0.3) is 10.9 Å². The first-order valence-electron chi connectivity index (χ1n) is 12.1. The molecule has 35 heavy (non-hydrogen) atoms. The van der Waals surface area contributed by atoms with Crippen molar-refractivity contribution in [3.8, 4) is 5.75 Å². The van der Waals surface area contributed by atoms with E-state index in [9.17, 15) is 4.79 Å². The molecule has 184 valence electrons. The number of hydrogen-bond acceptors (Lipinski definition) is 6. The van der Waals surface area contributed by atoms with Crippen molar-refractivity contribution in [1.29, 1.82) is 0 Å². The summed E-state index contributed by atoms with van der Waals surface area (Å²) >= 11 is 0. The highest BCUT2D eigenvalue weighted by Crippen LogP contribution is 2.22. The number of pyridine rings is 1. The first kappa shape index (κ1) is 24.6. The lowest BCUT2D eigenvalue weighted by atomic mass is 10.0. The van der Waals surface area contributed by atoms with Gasteiger partial charge < -0.3 is 9.72 Å². The fourth-order valence-electron chi connectivity index (χ4n) is 4.09. The largest absolute Gasteiger partial charge is 0.494 e. The van der Waals surface area contributed by atoms with Crippen LogP contribution in [0.5, 0.6) is 5.75 Å². The number of aromatic nitrogens is 5. The van der Waals surface area contributed by atoms with Crippen LogP contribution in [0.2, 0.25) is 0 Å². The molecule has 0 radical (unpaired) electrons. The number of rotatable bonds is 10. The van der Waals surface area contributed by atoms with Crippen LogP contribution < -0.4 is 10.3 Å². The number of fused-ring (bicyclic) bond motifs is 1. The zero-order valence-corrected chi connectivity index (χ0v) is 21.2. The van der Waals surface area contributed by atoms with E-state index in [4.69, 9.17) is 4.74 Å². The van der Waals surface area contributed by atoms with E-state index in [1.54, 1.807) is 0 Å². The van der Waals surface area contributed by atoms with E-state index in [0.29, 0.717) is 31.8 Å². The molecule has 0 unspecified atom stereocenters. The molecule has 8 heteroatoms. The Morgan fingerprint density at radius 2 is 1.80 bits per heavy atom. The second-order valence-corrected chi connectivity index (χ2v) is 9.61. The van der Waals surface area contributed by atoms with Gasteiger partial charge in [0.25, 0.3) is 5.56 Å². The van der Waals surface area contributed by atoms with E-state index in [1.165, 1.54) is 11.1 Å². The molecule has 4 aromatic rings. The first-order valence-corrected chi connectivity index (χ1v) is 12.1. The van der Waals surface area contributed by atoms with Crippen LogP contribution in [-0.2, 0) is 25.2 Å². The topological polar surface area (TPSA) is 88.9 Å². The van der Waals surface area contributed by atoms with Crippen LogP contribution in [0.1, 0.15) is 56.6 Å². The molecule has 0 saturated heterocycles. The highest BCUT2D eigenvalue weighted by molar-refractivity contribution is 5.80. The lowest BCUT2D eigenvalue weighted by Crippen LogP contribution is -2.32. The van der Waals surface area contributed by atoms with Gasteiger partial charge in [-0.2, -0.15) is 0 Å². The monoisotopic (exact) mass is 474 g/mol. The third-order valence-electron chi connectivity index (χ3n) is 6.46. The molecule has 0 spiro atoms. The number of ether oxygens (including phenoxy) is 1. The Kier molecular flexibility index (Phi) is 7.31. The second kappa shape index (κ2) is 10.4. The van der Waals surface area contributed by atoms with Crippen molar-refractivity contribution in [2.75, 3.05) is 6.61 Å². The van der Waals surface area contributed by atoms with Gasteiger partial charge in [0.15, 0.2) is 5.82 Å². The third-order valence-corrected chi connectivity index (χ3v) is 6.46. The summed E-state index contributed by atoms with van der Waals surface area (Å²) in [5, 5.41) is 13.5. The fourth-order valence-corrected chi connectivity index (χ4v) is 4.09. The fraction of sp³-hybridized carbons (Fsp3) is 0.407. The van der Waals surface area contributed by atoms with Crippen LogP contribution in [0.3, 0.4) is 0 Å². The molecule has 0 aliphatic carbocycles. The zero-order valence-electron chi connectivity index (χ0n) is 21.2. The van der Waals surface area contributed by atoms with Crippen molar-refractivity contribution in [3.63, 3.8) is 0 Å². The van der Waals surface area contributed by atoms with Gasteiger partial charge in [0, 0.05) is 29.6 Å². The number of aryl methyl sites for hydroxylation is 1. The molecule has 0 atom stereocenters. The first-order chi connectivity index (χ1) is 16.8. The molecule has 2 aromatic carbocycles. The average Bonchev–Trinajstić information content (AvgIpc) is 3.30. The second-order valence-electron chi connectivity index (χ2n) is 9.61. The summed E-state index contributed by atoms with van der Waals surface area (Å²) in [6, 6.07) is 16.1. The van der Waals surface area contributed by atoms with Crippen LogP contribution in [0, 0.1) is 6.92 Å². The van der Waals surface area contributed by atoms with E-state index >= 15 is 0 Å². The van der Waals surface area contributed by atoms with Gasteiger partial charge in [0.05, 0.1) is 18.7 Å². The standard InChI is InChI=1S/C27H34N6O2/c1-6-27(4,5)33-25(29-30-31-33)18-32(16-20-10-8-19(3)9-11-20)17-22-14-21-15-23(35-7-2)12-13-24(21)28-26(22)34/h8-15H,6-7,16-18H2,1-5H3,(H,28,34). The van der Waals surface area contributed by atoms with E-state index in [2.05, 4.69) is 77.4 Å². The normalized spacial score (nSPS) is 11.9. The van der Waals surface area contributed by atoms with Gasteiger partial charge in [-0.3, -0.25) is 9.69 Å². The summed E-state index contributed by atoms with van der Waals surface area (Å²) < 4.78 is 7.55. The minimum Gasteiger partial charge on any atom is -0.494 e. The molecular weight excluding hydrogens is 440 g/mol. The van der Waals surface area contributed by atoms with Gasteiger partial charge >= 0.3 is 0 Å². The maximum Gasteiger partial charge on any atom is 0.252 e. The SMILES string of the molecule is CCOc1ccc2[nH]c(=O)c(CN(Cc3ccc(C)cc3)Cc3nnnn3C(C)(C)CC)cc2c1. The Morgan fingerprint density at radius 3 is 2.51 bits per heavy atom. The van der Waals surface area contributed by atoms with Crippen LogP contribution in [0.15, 0.2) is 53.3 Å². The number of hydrogen-bond donors (Lipinski definition) is 1. The summed E-state index contributed by atoms with van der Waals surface area (Å²) in [7, 11) is 0. The minimum atomic E-state index is -0.204. The maximum atomic E-state index is 13.0. The minimum absolute atomic E-state index is 0.0935. The van der Waals surface area contributed by atoms with Gasteiger partial charge in [0.2, 0.25) is 0 Å². The maximum absolute atomic E-state index is 13.0. The predicted octanol–water partition coefficient (Wildman–Crippen LogP) is 4.57. The van der Waals surface area contributed by atoms with Crippen molar-refractivity contribution in [2.24, 2.45) is 0 Å². The molecular formula is C27H34N6O2.